The number of rotatable bonds is 6. The Kier molecular flexibility index (Phi) is 5.43. The van der Waals surface area contributed by atoms with Crippen molar-refractivity contribution in [1.29, 1.82) is 0 Å². The van der Waals surface area contributed by atoms with Gasteiger partial charge in [-0.25, -0.2) is 10.4 Å². The minimum atomic E-state index is -0.371. The minimum Gasteiger partial charge on any atom is -0.504 e. The quantitative estimate of drug-likeness (QED) is 0.335. The van der Waals surface area contributed by atoms with Crippen molar-refractivity contribution >= 4 is 23.2 Å². The number of carbonyl (C=O) groups is 1. The summed E-state index contributed by atoms with van der Waals surface area (Å²) in [4.78, 5) is 20.3. The number of hydrogen-bond acceptors (Lipinski definition) is 5. The highest BCUT2D eigenvalue weighted by molar-refractivity contribution is 5.98. The maximum Gasteiger partial charge on any atom is 0.271 e. The van der Waals surface area contributed by atoms with Gasteiger partial charge in [0.2, 0.25) is 0 Å². The Hall–Kier alpha value is -4.13. The van der Waals surface area contributed by atoms with E-state index in [2.05, 4.69) is 20.5 Å². The van der Waals surface area contributed by atoms with E-state index in [1.54, 1.807) is 36.4 Å². The van der Waals surface area contributed by atoms with Crippen LogP contribution in [0.2, 0.25) is 0 Å². The van der Waals surface area contributed by atoms with Crippen LogP contribution in [0.4, 0.5) is 0 Å². The zero-order valence-corrected chi connectivity index (χ0v) is 16.3. The number of H-pyrrole nitrogens is 1. The van der Waals surface area contributed by atoms with Gasteiger partial charge in [-0.1, -0.05) is 36.4 Å². The molecular formula is C23H20N4O3. The van der Waals surface area contributed by atoms with Gasteiger partial charge >= 0.3 is 0 Å². The van der Waals surface area contributed by atoms with Crippen molar-refractivity contribution in [3.8, 4) is 22.9 Å². The van der Waals surface area contributed by atoms with Crippen molar-refractivity contribution in [2.75, 3.05) is 6.61 Å². The van der Waals surface area contributed by atoms with Crippen LogP contribution in [0.15, 0.2) is 71.8 Å². The Balaban J connectivity index is 1.50. The smallest absolute Gasteiger partial charge is 0.271 e. The number of imidazole rings is 1. The number of nitrogens with zero attached hydrogens (tertiary/aromatic N) is 2. The number of aromatic hydroxyl groups is 1. The molecule has 0 unspecified atom stereocenters. The van der Waals surface area contributed by atoms with E-state index in [0.717, 1.165) is 22.4 Å². The van der Waals surface area contributed by atoms with Crippen LogP contribution in [0, 0.1) is 0 Å². The van der Waals surface area contributed by atoms with Crippen molar-refractivity contribution < 1.29 is 14.6 Å². The van der Waals surface area contributed by atoms with Gasteiger partial charge in [-0.05, 0) is 37.3 Å². The average Bonchev–Trinajstić information content (AvgIpc) is 3.20. The summed E-state index contributed by atoms with van der Waals surface area (Å²) in [6.45, 7) is 2.27. The van der Waals surface area contributed by atoms with Crippen LogP contribution < -0.4 is 10.2 Å². The molecule has 0 fully saturated rings. The standard InChI is InChI=1S/C23H20N4O3/c1-2-30-20-10-6-9-17(21(20)28)14-24-27-23(29)16-11-12-18-19(13-16)26-22(25-18)15-7-4-3-5-8-15/h3-14,28H,2H2,1H3,(H,25,26)(H,27,29)/b24-14+. The number of benzene rings is 3. The zero-order valence-electron chi connectivity index (χ0n) is 16.3. The van der Waals surface area contributed by atoms with Gasteiger partial charge in [-0.15, -0.1) is 0 Å². The molecule has 0 saturated heterocycles. The predicted octanol–water partition coefficient (Wildman–Crippen LogP) is 4.10. The second kappa shape index (κ2) is 8.48. The molecule has 0 saturated carbocycles. The van der Waals surface area contributed by atoms with E-state index >= 15 is 0 Å². The molecule has 4 aromatic rings. The van der Waals surface area contributed by atoms with Gasteiger partial charge in [0.25, 0.3) is 5.91 Å². The van der Waals surface area contributed by atoms with E-state index < -0.39 is 0 Å². The molecule has 0 aliphatic heterocycles. The third-order valence-corrected chi connectivity index (χ3v) is 4.49. The van der Waals surface area contributed by atoms with Gasteiger partial charge in [-0.3, -0.25) is 4.79 Å². The first-order valence-electron chi connectivity index (χ1n) is 9.49. The number of aromatic nitrogens is 2. The fraction of sp³-hybridized carbons (Fsp3) is 0.0870. The van der Waals surface area contributed by atoms with Crippen molar-refractivity contribution in [3.63, 3.8) is 0 Å². The van der Waals surface area contributed by atoms with Gasteiger partial charge in [0, 0.05) is 16.7 Å². The summed E-state index contributed by atoms with van der Waals surface area (Å²) in [5, 5.41) is 14.1. The number of para-hydroxylation sites is 1. The van der Waals surface area contributed by atoms with E-state index in [1.807, 2.05) is 37.3 Å². The SMILES string of the molecule is CCOc1cccc(/C=N/NC(=O)c2ccc3nc(-c4ccccc4)[nH]c3c2)c1O. The maximum atomic E-state index is 12.5. The van der Waals surface area contributed by atoms with Gasteiger partial charge in [0.05, 0.1) is 23.9 Å². The largest absolute Gasteiger partial charge is 0.504 e. The molecule has 0 spiro atoms. The number of hydrazone groups is 1. The fourth-order valence-electron chi connectivity index (χ4n) is 3.02. The number of ether oxygens (including phenoxy) is 1. The van der Waals surface area contributed by atoms with Gasteiger partial charge in [0.15, 0.2) is 11.5 Å². The van der Waals surface area contributed by atoms with Crippen LogP contribution in [0.5, 0.6) is 11.5 Å². The molecule has 0 atom stereocenters. The average molecular weight is 400 g/mol. The summed E-state index contributed by atoms with van der Waals surface area (Å²) in [6, 6.07) is 20.1. The summed E-state index contributed by atoms with van der Waals surface area (Å²) >= 11 is 0. The summed E-state index contributed by atoms with van der Waals surface area (Å²) in [6.07, 6.45) is 1.37. The highest BCUT2D eigenvalue weighted by Crippen LogP contribution is 2.28. The predicted molar refractivity (Wildman–Crippen MR) is 116 cm³/mol. The molecule has 1 heterocycles. The van der Waals surface area contributed by atoms with Gasteiger partial charge in [0.1, 0.15) is 5.82 Å². The fourth-order valence-corrected chi connectivity index (χ4v) is 3.02. The Morgan fingerprint density at radius 3 is 2.80 bits per heavy atom. The van der Waals surface area contributed by atoms with Gasteiger partial charge in [-0.2, -0.15) is 5.10 Å². The zero-order chi connectivity index (χ0) is 20.9. The summed E-state index contributed by atoms with van der Waals surface area (Å²) < 4.78 is 5.34. The van der Waals surface area contributed by atoms with E-state index in [1.165, 1.54) is 6.21 Å². The van der Waals surface area contributed by atoms with Crippen molar-refractivity contribution in [2.24, 2.45) is 5.10 Å². The number of phenols is 1. The normalized spacial score (nSPS) is 11.1. The number of nitrogens with one attached hydrogen (secondary N) is 2. The molecule has 1 amide bonds. The molecule has 3 N–H and O–H groups in total. The monoisotopic (exact) mass is 400 g/mol. The van der Waals surface area contributed by atoms with E-state index in [0.29, 0.717) is 23.5 Å². The topological polar surface area (TPSA) is 99.6 Å². The van der Waals surface area contributed by atoms with Crippen LogP contribution in [0.25, 0.3) is 22.4 Å². The molecule has 1 aromatic heterocycles. The van der Waals surface area contributed by atoms with Gasteiger partial charge < -0.3 is 14.8 Å². The lowest BCUT2D eigenvalue weighted by Crippen LogP contribution is -2.17. The first-order valence-corrected chi connectivity index (χ1v) is 9.49. The van der Waals surface area contributed by atoms with E-state index in [9.17, 15) is 9.90 Å². The lowest BCUT2D eigenvalue weighted by Gasteiger charge is -2.07. The molecule has 0 radical (unpaired) electrons. The van der Waals surface area contributed by atoms with Crippen LogP contribution in [0.1, 0.15) is 22.8 Å². The van der Waals surface area contributed by atoms with E-state index in [4.69, 9.17) is 4.74 Å². The molecule has 3 aromatic carbocycles. The minimum absolute atomic E-state index is 0.0235. The number of aromatic amines is 1. The van der Waals surface area contributed by atoms with Crippen LogP contribution in [-0.2, 0) is 0 Å². The molecule has 30 heavy (non-hydrogen) atoms. The second-order valence-electron chi connectivity index (χ2n) is 6.51. The summed E-state index contributed by atoms with van der Waals surface area (Å²) in [7, 11) is 0. The Morgan fingerprint density at radius 1 is 1.17 bits per heavy atom. The number of carbonyl (C=O) groups excluding carboxylic acids is 1. The first-order chi connectivity index (χ1) is 14.7. The lowest BCUT2D eigenvalue weighted by molar-refractivity contribution is 0.0955. The van der Waals surface area contributed by atoms with Crippen molar-refractivity contribution in [3.05, 3.63) is 77.9 Å². The first kappa shape index (κ1) is 19.2. The number of amides is 1. The number of hydrogen-bond donors (Lipinski definition) is 3. The molecule has 0 aliphatic carbocycles. The van der Waals surface area contributed by atoms with Crippen LogP contribution in [-0.4, -0.2) is 33.8 Å². The number of fused-ring (bicyclic) bond motifs is 1. The summed E-state index contributed by atoms with van der Waals surface area (Å²) in [5.74, 6) is 0.715. The molecule has 0 aliphatic rings. The molecule has 7 heteroatoms. The second-order valence-corrected chi connectivity index (χ2v) is 6.51. The molecular weight excluding hydrogens is 380 g/mol. The number of phenolic OH excluding ortho intramolecular Hbond substituents is 1. The third kappa shape index (κ3) is 4.00. The maximum absolute atomic E-state index is 12.5. The Bertz CT molecular complexity index is 1220. The highest BCUT2D eigenvalue weighted by Gasteiger charge is 2.10. The Morgan fingerprint density at radius 2 is 2.00 bits per heavy atom. The molecule has 7 nitrogen and oxygen atoms in total. The van der Waals surface area contributed by atoms with Crippen molar-refractivity contribution in [1.82, 2.24) is 15.4 Å². The Labute approximate surface area is 173 Å². The summed E-state index contributed by atoms with van der Waals surface area (Å²) in [5.41, 5.74) is 5.85. The molecule has 0 bridgehead atoms. The molecule has 4 rings (SSSR count). The lowest BCUT2D eigenvalue weighted by atomic mass is 10.2. The van der Waals surface area contributed by atoms with Crippen LogP contribution >= 0.6 is 0 Å². The van der Waals surface area contributed by atoms with Crippen LogP contribution in [0.3, 0.4) is 0 Å². The highest BCUT2D eigenvalue weighted by atomic mass is 16.5. The van der Waals surface area contributed by atoms with Crippen molar-refractivity contribution in [2.45, 2.75) is 6.92 Å². The molecule has 150 valence electrons. The van der Waals surface area contributed by atoms with E-state index in [-0.39, 0.29) is 11.7 Å². The third-order valence-electron chi connectivity index (χ3n) is 4.49.